The minimum atomic E-state index is -0.562. The zero-order valence-electron chi connectivity index (χ0n) is 12.2. The average molecular weight is 309 g/mol. The normalized spacial score (nSPS) is 18.1. The van der Waals surface area contributed by atoms with E-state index >= 15 is 0 Å². The van der Waals surface area contributed by atoms with Crippen LogP contribution in [0.3, 0.4) is 0 Å². The number of nitro groups is 1. The molecule has 0 aromatic heterocycles. The molecule has 7 heteroatoms. The van der Waals surface area contributed by atoms with Crippen LogP contribution in [0.25, 0.3) is 0 Å². The van der Waals surface area contributed by atoms with E-state index in [0.717, 1.165) is 12.2 Å². The van der Waals surface area contributed by atoms with Crippen LogP contribution in [0.5, 0.6) is 0 Å². The van der Waals surface area contributed by atoms with Gasteiger partial charge in [-0.1, -0.05) is 13.8 Å². The number of hydrogen-bond acceptors (Lipinski definition) is 5. The molecule has 6 nitrogen and oxygen atoms in total. The Morgan fingerprint density at radius 3 is 2.81 bits per heavy atom. The van der Waals surface area contributed by atoms with Gasteiger partial charge in [0.05, 0.1) is 4.92 Å². The van der Waals surface area contributed by atoms with E-state index in [0.29, 0.717) is 18.7 Å². The molecule has 0 aliphatic carbocycles. The monoisotopic (exact) mass is 309 g/mol. The molecule has 1 fully saturated rings. The highest BCUT2D eigenvalue weighted by Gasteiger charge is 2.27. The van der Waals surface area contributed by atoms with E-state index in [1.807, 2.05) is 11.8 Å². The standard InChI is InChI=1S/C14H19N3O3S/c1-14(2)5-6-16(7-8-21-14)13(18)10-3-4-11(15)12(9-10)17(19)20/h3-4,9H,5-8,15H2,1-2H3. The van der Waals surface area contributed by atoms with Crippen LogP contribution in [0.4, 0.5) is 11.4 Å². The highest BCUT2D eigenvalue weighted by molar-refractivity contribution is 8.00. The second-order valence-electron chi connectivity index (χ2n) is 5.68. The number of carbonyl (C=O) groups is 1. The van der Waals surface area contributed by atoms with Crippen molar-refractivity contribution >= 4 is 29.0 Å². The van der Waals surface area contributed by atoms with E-state index in [1.54, 1.807) is 11.0 Å². The summed E-state index contributed by atoms with van der Waals surface area (Å²) in [5.41, 5.74) is 5.74. The van der Waals surface area contributed by atoms with Gasteiger partial charge in [-0.25, -0.2) is 0 Å². The maximum Gasteiger partial charge on any atom is 0.292 e. The van der Waals surface area contributed by atoms with E-state index in [2.05, 4.69) is 13.8 Å². The van der Waals surface area contributed by atoms with Gasteiger partial charge in [0, 0.05) is 35.2 Å². The van der Waals surface area contributed by atoms with Crippen molar-refractivity contribution in [3.05, 3.63) is 33.9 Å². The molecule has 0 saturated carbocycles. The third-order valence-electron chi connectivity index (χ3n) is 3.60. The first-order chi connectivity index (χ1) is 9.80. The van der Waals surface area contributed by atoms with E-state index in [-0.39, 0.29) is 22.0 Å². The van der Waals surface area contributed by atoms with Gasteiger partial charge in [0.1, 0.15) is 5.69 Å². The van der Waals surface area contributed by atoms with Gasteiger partial charge in [-0.15, -0.1) is 0 Å². The summed E-state index contributed by atoms with van der Waals surface area (Å²) in [6, 6.07) is 4.23. The number of amides is 1. The van der Waals surface area contributed by atoms with Gasteiger partial charge in [0.2, 0.25) is 0 Å². The number of nitro benzene ring substituents is 1. The van der Waals surface area contributed by atoms with Gasteiger partial charge in [-0.2, -0.15) is 11.8 Å². The Morgan fingerprint density at radius 2 is 2.14 bits per heavy atom. The van der Waals surface area contributed by atoms with Crippen molar-refractivity contribution in [3.63, 3.8) is 0 Å². The molecule has 1 aromatic carbocycles. The highest BCUT2D eigenvalue weighted by Crippen LogP contribution is 2.31. The molecule has 1 amide bonds. The van der Waals surface area contributed by atoms with Gasteiger partial charge < -0.3 is 10.6 Å². The summed E-state index contributed by atoms with van der Waals surface area (Å²) in [6.45, 7) is 5.65. The zero-order chi connectivity index (χ0) is 15.6. The lowest BCUT2D eigenvalue weighted by atomic mass is 10.1. The van der Waals surface area contributed by atoms with Crippen LogP contribution in [0.15, 0.2) is 18.2 Å². The van der Waals surface area contributed by atoms with Gasteiger partial charge in [0.25, 0.3) is 11.6 Å². The fourth-order valence-corrected chi connectivity index (χ4v) is 3.34. The zero-order valence-corrected chi connectivity index (χ0v) is 13.0. The Bertz CT molecular complexity index is 575. The second-order valence-corrected chi connectivity index (χ2v) is 7.48. The minimum absolute atomic E-state index is 0.0732. The van der Waals surface area contributed by atoms with Crippen molar-refractivity contribution < 1.29 is 9.72 Å². The molecular formula is C14H19N3O3S. The summed E-state index contributed by atoms with van der Waals surface area (Å²) in [5, 5.41) is 10.9. The van der Waals surface area contributed by atoms with Crippen LogP contribution in [0, 0.1) is 10.1 Å². The predicted octanol–water partition coefficient (Wildman–Crippen LogP) is 2.53. The first-order valence-electron chi connectivity index (χ1n) is 6.77. The third kappa shape index (κ3) is 3.66. The number of carbonyl (C=O) groups excluding carboxylic acids is 1. The van der Waals surface area contributed by atoms with Gasteiger partial charge in [-0.3, -0.25) is 14.9 Å². The molecule has 2 rings (SSSR count). The number of nitrogens with two attached hydrogens (primary N) is 1. The quantitative estimate of drug-likeness (QED) is 0.515. The molecule has 2 N–H and O–H groups in total. The van der Waals surface area contributed by atoms with Crippen molar-refractivity contribution in [1.29, 1.82) is 0 Å². The lowest BCUT2D eigenvalue weighted by molar-refractivity contribution is -0.383. The second kappa shape index (κ2) is 5.93. The average Bonchev–Trinajstić information content (AvgIpc) is 2.59. The van der Waals surface area contributed by atoms with Crippen LogP contribution >= 0.6 is 11.8 Å². The largest absolute Gasteiger partial charge is 0.393 e. The van der Waals surface area contributed by atoms with Crippen molar-refractivity contribution in [2.75, 3.05) is 24.6 Å². The van der Waals surface area contributed by atoms with E-state index < -0.39 is 4.92 Å². The van der Waals surface area contributed by atoms with Crippen LogP contribution in [0.1, 0.15) is 30.6 Å². The number of nitrogens with zero attached hydrogens (tertiary/aromatic N) is 2. The SMILES string of the molecule is CC1(C)CCN(C(=O)c2ccc(N)c([N+](=O)[O-])c2)CCS1. The van der Waals surface area contributed by atoms with Gasteiger partial charge in [-0.05, 0) is 18.6 Å². The van der Waals surface area contributed by atoms with Crippen molar-refractivity contribution in [3.8, 4) is 0 Å². The summed E-state index contributed by atoms with van der Waals surface area (Å²) in [4.78, 5) is 24.6. The van der Waals surface area contributed by atoms with Crippen LogP contribution in [-0.2, 0) is 0 Å². The van der Waals surface area contributed by atoms with Gasteiger partial charge >= 0.3 is 0 Å². The first-order valence-corrected chi connectivity index (χ1v) is 7.76. The predicted molar refractivity (Wildman–Crippen MR) is 84.6 cm³/mol. The van der Waals surface area contributed by atoms with Crippen LogP contribution in [-0.4, -0.2) is 39.3 Å². The van der Waals surface area contributed by atoms with Crippen LogP contribution in [0.2, 0.25) is 0 Å². The van der Waals surface area contributed by atoms with E-state index in [4.69, 9.17) is 5.73 Å². The maximum absolute atomic E-state index is 12.5. The minimum Gasteiger partial charge on any atom is -0.393 e. The topological polar surface area (TPSA) is 89.5 Å². The summed E-state index contributed by atoms with van der Waals surface area (Å²) in [7, 11) is 0. The molecule has 0 bridgehead atoms. The Hall–Kier alpha value is -1.76. The number of hydrogen-bond donors (Lipinski definition) is 1. The summed E-state index contributed by atoms with van der Waals surface area (Å²) in [6.07, 6.45) is 0.903. The molecular weight excluding hydrogens is 290 g/mol. The molecule has 0 spiro atoms. The summed E-state index contributed by atoms with van der Waals surface area (Å²) < 4.78 is 0.155. The van der Waals surface area contributed by atoms with E-state index in [1.165, 1.54) is 12.1 Å². The Labute approximate surface area is 127 Å². The van der Waals surface area contributed by atoms with Crippen molar-refractivity contribution in [2.24, 2.45) is 0 Å². The number of nitrogen functional groups attached to an aromatic ring is 1. The fourth-order valence-electron chi connectivity index (χ4n) is 2.24. The molecule has 1 aromatic rings. The first kappa shape index (κ1) is 15.6. The Kier molecular flexibility index (Phi) is 4.41. The summed E-state index contributed by atoms with van der Waals surface area (Å²) >= 11 is 1.85. The Balaban J connectivity index is 2.20. The molecule has 0 unspecified atom stereocenters. The maximum atomic E-state index is 12.5. The fraction of sp³-hybridized carbons (Fsp3) is 0.500. The molecule has 1 aliphatic heterocycles. The number of thioether (sulfide) groups is 1. The smallest absolute Gasteiger partial charge is 0.292 e. The molecule has 0 radical (unpaired) electrons. The molecule has 21 heavy (non-hydrogen) atoms. The third-order valence-corrected chi connectivity index (χ3v) is 4.97. The molecule has 0 atom stereocenters. The van der Waals surface area contributed by atoms with Crippen molar-refractivity contribution in [2.45, 2.75) is 25.0 Å². The molecule has 114 valence electrons. The lowest BCUT2D eigenvalue weighted by Gasteiger charge is -2.22. The molecule has 1 aliphatic rings. The van der Waals surface area contributed by atoms with Crippen molar-refractivity contribution in [1.82, 2.24) is 4.90 Å². The lowest BCUT2D eigenvalue weighted by Crippen LogP contribution is -2.33. The number of anilines is 1. The van der Waals surface area contributed by atoms with Gasteiger partial charge in [0.15, 0.2) is 0 Å². The van der Waals surface area contributed by atoms with Crippen LogP contribution < -0.4 is 5.73 Å². The molecule has 1 saturated heterocycles. The number of rotatable bonds is 2. The highest BCUT2D eigenvalue weighted by atomic mass is 32.2. The summed E-state index contributed by atoms with van der Waals surface area (Å²) in [5.74, 6) is 0.701. The molecule has 1 heterocycles. The number of benzene rings is 1. The van der Waals surface area contributed by atoms with E-state index in [9.17, 15) is 14.9 Å². The Morgan fingerprint density at radius 1 is 1.43 bits per heavy atom.